The Balaban J connectivity index is 2.31. The van der Waals surface area contributed by atoms with Gasteiger partial charge in [-0.3, -0.25) is 4.72 Å². The molecule has 2 rings (SSSR count). The topological polar surface area (TPSA) is 70.0 Å². The number of halogens is 2. The first-order valence-corrected chi connectivity index (χ1v) is 8.28. The summed E-state index contributed by atoms with van der Waals surface area (Å²) in [7, 11) is -3.78. The number of nitriles is 1. The van der Waals surface area contributed by atoms with Crippen molar-refractivity contribution in [3.63, 3.8) is 0 Å². The van der Waals surface area contributed by atoms with E-state index in [9.17, 15) is 12.8 Å². The van der Waals surface area contributed by atoms with Crippen LogP contribution < -0.4 is 4.72 Å². The summed E-state index contributed by atoms with van der Waals surface area (Å²) < 4.78 is 40.0. The van der Waals surface area contributed by atoms with Gasteiger partial charge in [-0.25, -0.2) is 12.8 Å². The molecule has 1 N–H and O–H groups in total. The van der Waals surface area contributed by atoms with Gasteiger partial charge in [-0.2, -0.15) is 5.26 Å². The van der Waals surface area contributed by atoms with Crippen LogP contribution in [0.1, 0.15) is 4.88 Å². The molecule has 0 fully saturated rings. The van der Waals surface area contributed by atoms with E-state index in [1.807, 2.05) is 28.7 Å². The number of nitrogens with zero attached hydrogens (tertiary/aromatic N) is 1. The number of hydrogen-bond donors (Lipinski definition) is 1. The molecule has 1 aromatic carbocycles. The van der Waals surface area contributed by atoms with E-state index in [2.05, 4.69) is 4.72 Å². The highest BCUT2D eigenvalue weighted by atomic mass is 127. The molecule has 0 atom stereocenters. The van der Waals surface area contributed by atoms with Crippen LogP contribution in [0.2, 0.25) is 0 Å². The fourth-order valence-electron chi connectivity index (χ4n) is 1.29. The van der Waals surface area contributed by atoms with Gasteiger partial charge in [0.15, 0.2) is 0 Å². The Labute approximate surface area is 127 Å². The van der Waals surface area contributed by atoms with Crippen molar-refractivity contribution in [2.45, 2.75) is 4.21 Å². The Bertz CT molecular complexity index is 765. The maximum atomic E-state index is 13.3. The molecule has 2 aromatic rings. The lowest BCUT2D eigenvalue weighted by molar-refractivity contribution is 0.603. The third-order valence-corrected chi connectivity index (χ3v) is 5.87. The molecular formula is C11H6FIN2O2S2. The molecule has 98 valence electrons. The first-order chi connectivity index (χ1) is 8.92. The number of thiophene rings is 1. The second-order valence-corrected chi connectivity index (χ2v) is 7.62. The molecule has 0 unspecified atom stereocenters. The smallest absolute Gasteiger partial charge is 0.271 e. The molecule has 0 bridgehead atoms. The number of hydrogen-bond acceptors (Lipinski definition) is 4. The molecule has 0 amide bonds. The Morgan fingerprint density at radius 1 is 1.32 bits per heavy atom. The zero-order valence-corrected chi connectivity index (χ0v) is 13.0. The van der Waals surface area contributed by atoms with Gasteiger partial charge in [0.2, 0.25) is 0 Å². The summed E-state index contributed by atoms with van der Waals surface area (Å²) in [5.41, 5.74) is 0.143. The Hall–Kier alpha value is -1.18. The highest BCUT2D eigenvalue weighted by Crippen LogP contribution is 2.24. The van der Waals surface area contributed by atoms with Crippen molar-refractivity contribution in [3.8, 4) is 6.07 Å². The molecule has 1 aromatic heterocycles. The molecule has 0 aliphatic heterocycles. The van der Waals surface area contributed by atoms with Gasteiger partial charge >= 0.3 is 0 Å². The van der Waals surface area contributed by atoms with Gasteiger partial charge in [0, 0.05) is 3.57 Å². The van der Waals surface area contributed by atoms with E-state index in [4.69, 9.17) is 5.26 Å². The van der Waals surface area contributed by atoms with Crippen molar-refractivity contribution < 1.29 is 12.8 Å². The lowest BCUT2D eigenvalue weighted by Gasteiger charge is -2.06. The minimum absolute atomic E-state index is 0.0167. The summed E-state index contributed by atoms with van der Waals surface area (Å²) in [6.07, 6.45) is 0. The van der Waals surface area contributed by atoms with E-state index in [-0.39, 0.29) is 9.90 Å². The third kappa shape index (κ3) is 3.23. The number of nitrogens with one attached hydrogen (secondary N) is 1. The standard InChI is InChI=1S/C11H6FIN2O2S2/c12-9-5-7(1-3-10(9)13)15-19(16,17)11-4-2-8(6-14)18-11/h1-5,15H. The van der Waals surface area contributed by atoms with Crippen LogP contribution >= 0.6 is 33.9 Å². The fourth-order valence-corrected chi connectivity index (χ4v) is 3.78. The van der Waals surface area contributed by atoms with Gasteiger partial charge in [0.1, 0.15) is 21.0 Å². The lowest BCUT2D eigenvalue weighted by atomic mass is 10.3. The number of rotatable bonds is 3. The maximum Gasteiger partial charge on any atom is 0.271 e. The second-order valence-electron chi connectivity index (χ2n) is 3.46. The van der Waals surface area contributed by atoms with Gasteiger partial charge < -0.3 is 0 Å². The van der Waals surface area contributed by atoms with E-state index >= 15 is 0 Å². The highest BCUT2D eigenvalue weighted by molar-refractivity contribution is 14.1. The van der Waals surface area contributed by atoms with Gasteiger partial charge in [-0.05, 0) is 52.9 Å². The molecule has 19 heavy (non-hydrogen) atoms. The molecule has 0 saturated carbocycles. The van der Waals surface area contributed by atoms with Crippen molar-refractivity contribution in [1.29, 1.82) is 5.26 Å². The summed E-state index contributed by atoms with van der Waals surface area (Å²) in [4.78, 5) is 0.300. The summed E-state index contributed by atoms with van der Waals surface area (Å²) in [5.74, 6) is -0.496. The Kier molecular flexibility index (Phi) is 4.07. The maximum absolute atomic E-state index is 13.3. The van der Waals surface area contributed by atoms with Gasteiger partial charge in [0.25, 0.3) is 10.0 Å². The zero-order valence-electron chi connectivity index (χ0n) is 9.22. The average Bonchev–Trinajstić information content (AvgIpc) is 2.83. The minimum atomic E-state index is -3.78. The van der Waals surface area contributed by atoms with Crippen molar-refractivity contribution in [3.05, 3.63) is 44.6 Å². The van der Waals surface area contributed by atoms with Crippen molar-refractivity contribution in [2.24, 2.45) is 0 Å². The zero-order chi connectivity index (χ0) is 14.0. The molecule has 4 nitrogen and oxygen atoms in total. The minimum Gasteiger partial charge on any atom is -0.279 e. The van der Waals surface area contributed by atoms with Gasteiger partial charge in [-0.15, -0.1) is 11.3 Å². The van der Waals surface area contributed by atoms with Gasteiger partial charge in [-0.1, -0.05) is 0 Å². The van der Waals surface area contributed by atoms with Crippen molar-refractivity contribution in [1.82, 2.24) is 0 Å². The van der Waals surface area contributed by atoms with Crippen molar-refractivity contribution in [2.75, 3.05) is 4.72 Å². The molecule has 0 saturated heterocycles. The predicted molar refractivity (Wildman–Crippen MR) is 79.0 cm³/mol. The molecule has 0 aliphatic rings. The van der Waals surface area contributed by atoms with Crippen LogP contribution in [0.25, 0.3) is 0 Å². The fraction of sp³-hybridized carbons (Fsp3) is 0. The Morgan fingerprint density at radius 2 is 2.05 bits per heavy atom. The van der Waals surface area contributed by atoms with Crippen LogP contribution in [0.4, 0.5) is 10.1 Å². The van der Waals surface area contributed by atoms with Gasteiger partial charge in [0.05, 0.1) is 5.69 Å². The normalized spacial score (nSPS) is 11.0. The molecular weight excluding hydrogens is 402 g/mol. The first-order valence-electron chi connectivity index (χ1n) is 4.90. The molecule has 0 spiro atoms. The second kappa shape index (κ2) is 5.44. The number of anilines is 1. The summed E-state index contributed by atoms with van der Waals surface area (Å²) in [5, 5.41) is 8.67. The van der Waals surface area contributed by atoms with E-state index in [0.717, 1.165) is 17.4 Å². The molecule has 0 radical (unpaired) electrons. The largest absolute Gasteiger partial charge is 0.279 e. The van der Waals surface area contributed by atoms with Crippen molar-refractivity contribution >= 4 is 49.6 Å². The first kappa shape index (κ1) is 14.2. The SMILES string of the molecule is N#Cc1ccc(S(=O)(=O)Nc2ccc(I)c(F)c2)s1. The van der Waals surface area contributed by atoms with E-state index in [1.54, 1.807) is 0 Å². The Morgan fingerprint density at radius 3 is 2.63 bits per heavy atom. The quantitative estimate of drug-likeness (QED) is 0.794. The monoisotopic (exact) mass is 408 g/mol. The van der Waals surface area contributed by atoms with E-state index < -0.39 is 15.8 Å². The van der Waals surface area contributed by atoms with E-state index in [1.165, 1.54) is 24.3 Å². The predicted octanol–water partition coefficient (Wildman–Crippen LogP) is 3.16. The van der Waals surface area contributed by atoms with Crippen LogP contribution in [-0.2, 0) is 10.0 Å². The average molecular weight is 408 g/mol. The number of sulfonamides is 1. The lowest BCUT2D eigenvalue weighted by Crippen LogP contribution is -2.11. The molecule has 1 heterocycles. The summed E-state index contributed by atoms with van der Waals surface area (Å²) in [6.45, 7) is 0. The molecule has 8 heteroatoms. The van der Waals surface area contributed by atoms with E-state index in [0.29, 0.717) is 8.45 Å². The van der Waals surface area contributed by atoms with Crippen LogP contribution in [0.5, 0.6) is 0 Å². The molecule has 0 aliphatic carbocycles. The highest BCUT2D eigenvalue weighted by Gasteiger charge is 2.17. The van der Waals surface area contributed by atoms with Crippen LogP contribution in [0.15, 0.2) is 34.5 Å². The van der Waals surface area contributed by atoms with Crippen LogP contribution in [-0.4, -0.2) is 8.42 Å². The van der Waals surface area contributed by atoms with Crippen LogP contribution in [0, 0.1) is 20.7 Å². The summed E-state index contributed by atoms with van der Waals surface area (Å²) in [6, 6.07) is 8.69. The third-order valence-electron chi connectivity index (χ3n) is 2.13. The summed E-state index contributed by atoms with van der Waals surface area (Å²) >= 11 is 2.67. The van der Waals surface area contributed by atoms with Crippen LogP contribution in [0.3, 0.4) is 0 Å². The number of benzene rings is 1.